The van der Waals surface area contributed by atoms with Crippen molar-refractivity contribution in [1.29, 1.82) is 0 Å². The Morgan fingerprint density at radius 2 is 1.88 bits per heavy atom. The third-order valence-electron chi connectivity index (χ3n) is 4.20. The molecule has 0 bridgehead atoms. The first-order valence-electron chi connectivity index (χ1n) is 7.93. The van der Waals surface area contributed by atoms with Gasteiger partial charge >= 0.3 is 0 Å². The summed E-state index contributed by atoms with van der Waals surface area (Å²) in [6.45, 7) is 0.627. The second kappa shape index (κ2) is 7.17. The lowest BCUT2D eigenvalue weighted by Gasteiger charge is -2.17. The molecule has 1 N–H and O–H groups in total. The molecular formula is C19H20N2O3. The Morgan fingerprint density at radius 1 is 1.17 bits per heavy atom. The van der Waals surface area contributed by atoms with Gasteiger partial charge in [0.25, 0.3) is 0 Å². The average molecular weight is 324 g/mol. The monoisotopic (exact) mass is 324 g/mol. The van der Waals surface area contributed by atoms with Gasteiger partial charge in [0.05, 0.1) is 19.3 Å². The Hall–Kier alpha value is -2.82. The summed E-state index contributed by atoms with van der Waals surface area (Å²) < 4.78 is 5.22. The predicted octanol–water partition coefficient (Wildman–Crippen LogP) is 2.65. The summed E-state index contributed by atoms with van der Waals surface area (Å²) >= 11 is 0. The molecule has 0 aromatic heterocycles. The molecule has 2 amide bonds. The van der Waals surface area contributed by atoms with E-state index in [1.54, 1.807) is 24.1 Å². The predicted molar refractivity (Wildman–Crippen MR) is 92.0 cm³/mol. The molecule has 5 heteroatoms. The number of hydrogen-bond donors (Lipinski definition) is 1. The Morgan fingerprint density at radius 3 is 2.62 bits per heavy atom. The first-order chi connectivity index (χ1) is 11.7. The maximum atomic E-state index is 12.3. The maximum Gasteiger partial charge on any atom is 0.244 e. The van der Waals surface area contributed by atoms with Crippen molar-refractivity contribution in [2.75, 3.05) is 25.5 Å². The number of carbonyl (C=O) groups is 2. The van der Waals surface area contributed by atoms with Gasteiger partial charge in [-0.1, -0.05) is 42.5 Å². The molecule has 1 saturated heterocycles. The van der Waals surface area contributed by atoms with E-state index in [1.807, 2.05) is 42.5 Å². The summed E-state index contributed by atoms with van der Waals surface area (Å²) in [5, 5.41) is 2.81. The van der Waals surface area contributed by atoms with Gasteiger partial charge in [0.1, 0.15) is 5.75 Å². The lowest BCUT2D eigenvalue weighted by atomic mass is 9.99. The quantitative estimate of drug-likeness (QED) is 0.920. The molecule has 1 aliphatic rings. The molecule has 2 aromatic rings. The molecule has 124 valence electrons. The number of para-hydroxylation sites is 2. The third-order valence-corrected chi connectivity index (χ3v) is 4.20. The Labute approximate surface area is 141 Å². The Kier molecular flexibility index (Phi) is 4.79. The lowest BCUT2D eigenvalue weighted by molar-refractivity contribution is -0.131. The molecule has 24 heavy (non-hydrogen) atoms. The van der Waals surface area contributed by atoms with E-state index in [4.69, 9.17) is 4.74 Å². The minimum Gasteiger partial charge on any atom is -0.495 e. The van der Waals surface area contributed by atoms with E-state index in [2.05, 4.69) is 5.32 Å². The van der Waals surface area contributed by atoms with Crippen LogP contribution in [0.5, 0.6) is 5.75 Å². The van der Waals surface area contributed by atoms with Gasteiger partial charge in [0, 0.05) is 18.9 Å². The van der Waals surface area contributed by atoms with Crippen molar-refractivity contribution in [2.45, 2.75) is 12.3 Å². The van der Waals surface area contributed by atoms with Crippen molar-refractivity contribution in [3.05, 3.63) is 60.2 Å². The van der Waals surface area contributed by atoms with Crippen molar-refractivity contribution in [1.82, 2.24) is 4.90 Å². The van der Waals surface area contributed by atoms with Crippen LogP contribution in [0.1, 0.15) is 17.9 Å². The van der Waals surface area contributed by atoms with Gasteiger partial charge in [-0.3, -0.25) is 9.59 Å². The number of nitrogens with one attached hydrogen (secondary N) is 1. The zero-order valence-electron chi connectivity index (χ0n) is 13.6. The minimum atomic E-state index is -0.221. The highest BCUT2D eigenvalue weighted by Gasteiger charge is 2.31. The van der Waals surface area contributed by atoms with Crippen molar-refractivity contribution >= 4 is 17.5 Å². The minimum absolute atomic E-state index is 0.0130. The molecule has 0 spiro atoms. The number of methoxy groups -OCH3 is 1. The number of likely N-dealkylation sites (tertiary alicyclic amines) is 1. The van der Waals surface area contributed by atoms with Crippen molar-refractivity contribution in [3.8, 4) is 5.75 Å². The number of amides is 2. The van der Waals surface area contributed by atoms with Crippen LogP contribution < -0.4 is 10.1 Å². The van der Waals surface area contributed by atoms with Crippen LogP contribution in [0, 0.1) is 0 Å². The van der Waals surface area contributed by atoms with Crippen LogP contribution >= 0.6 is 0 Å². The number of ether oxygens (including phenoxy) is 1. The van der Waals surface area contributed by atoms with Gasteiger partial charge in [-0.25, -0.2) is 0 Å². The first-order valence-corrected chi connectivity index (χ1v) is 7.93. The molecule has 1 aliphatic heterocycles. The number of anilines is 1. The normalized spacial score (nSPS) is 17.0. The van der Waals surface area contributed by atoms with Crippen LogP contribution in [0.4, 0.5) is 5.69 Å². The zero-order chi connectivity index (χ0) is 16.9. The van der Waals surface area contributed by atoms with Crippen molar-refractivity contribution in [3.63, 3.8) is 0 Å². The van der Waals surface area contributed by atoms with Gasteiger partial charge in [-0.2, -0.15) is 0 Å². The molecular weight excluding hydrogens is 304 g/mol. The van der Waals surface area contributed by atoms with E-state index in [9.17, 15) is 9.59 Å². The Bertz CT molecular complexity index is 730. The van der Waals surface area contributed by atoms with Crippen LogP contribution in [0.25, 0.3) is 0 Å². The number of rotatable bonds is 5. The molecule has 1 fully saturated rings. The zero-order valence-corrected chi connectivity index (χ0v) is 13.6. The van der Waals surface area contributed by atoms with Crippen LogP contribution in [0.15, 0.2) is 54.6 Å². The summed E-state index contributed by atoms with van der Waals surface area (Å²) in [5.41, 5.74) is 1.75. The molecule has 0 aliphatic carbocycles. The van der Waals surface area contributed by atoms with Crippen LogP contribution in [0.3, 0.4) is 0 Å². The molecule has 1 heterocycles. The van der Waals surface area contributed by atoms with E-state index in [1.165, 1.54) is 0 Å². The van der Waals surface area contributed by atoms with Gasteiger partial charge in [0.2, 0.25) is 11.8 Å². The Balaban J connectivity index is 1.61. The molecule has 5 nitrogen and oxygen atoms in total. The van der Waals surface area contributed by atoms with E-state index in [0.29, 0.717) is 24.4 Å². The summed E-state index contributed by atoms with van der Waals surface area (Å²) in [6.07, 6.45) is 0.450. The second-order valence-corrected chi connectivity index (χ2v) is 5.83. The van der Waals surface area contributed by atoms with E-state index in [-0.39, 0.29) is 24.3 Å². The van der Waals surface area contributed by atoms with Crippen LogP contribution in [-0.4, -0.2) is 36.9 Å². The molecule has 1 atom stereocenters. The molecule has 0 radical (unpaired) electrons. The topological polar surface area (TPSA) is 58.6 Å². The highest BCUT2D eigenvalue weighted by atomic mass is 16.5. The van der Waals surface area contributed by atoms with Crippen molar-refractivity contribution < 1.29 is 14.3 Å². The van der Waals surface area contributed by atoms with Gasteiger partial charge in [-0.05, 0) is 17.7 Å². The van der Waals surface area contributed by atoms with Gasteiger partial charge < -0.3 is 15.0 Å². The summed E-state index contributed by atoms with van der Waals surface area (Å²) in [7, 11) is 1.56. The van der Waals surface area contributed by atoms with E-state index < -0.39 is 0 Å². The van der Waals surface area contributed by atoms with Gasteiger partial charge in [0.15, 0.2) is 0 Å². The fraction of sp³-hybridized carbons (Fsp3) is 0.263. The lowest BCUT2D eigenvalue weighted by Crippen LogP contribution is -2.34. The summed E-state index contributed by atoms with van der Waals surface area (Å²) in [5.74, 6) is 0.541. The summed E-state index contributed by atoms with van der Waals surface area (Å²) in [6, 6.07) is 17.2. The largest absolute Gasteiger partial charge is 0.495 e. The van der Waals surface area contributed by atoms with Crippen LogP contribution in [0.2, 0.25) is 0 Å². The SMILES string of the molecule is COc1ccccc1NC(=O)CN1CC(c2ccccc2)CC1=O. The first kappa shape index (κ1) is 16.1. The molecule has 1 unspecified atom stereocenters. The summed E-state index contributed by atoms with van der Waals surface area (Å²) in [4.78, 5) is 26.1. The van der Waals surface area contributed by atoms with E-state index >= 15 is 0 Å². The van der Waals surface area contributed by atoms with Gasteiger partial charge in [-0.15, -0.1) is 0 Å². The smallest absolute Gasteiger partial charge is 0.244 e. The fourth-order valence-electron chi connectivity index (χ4n) is 2.98. The highest BCUT2D eigenvalue weighted by molar-refractivity contribution is 5.96. The fourth-order valence-corrected chi connectivity index (χ4v) is 2.98. The number of hydrogen-bond acceptors (Lipinski definition) is 3. The number of benzene rings is 2. The molecule has 0 saturated carbocycles. The van der Waals surface area contributed by atoms with E-state index in [0.717, 1.165) is 5.56 Å². The maximum absolute atomic E-state index is 12.3. The van der Waals surface area contributed by atoms with Crippen LogP contribution in [-0.2, 0) is 9.59 Å². The second-order valence-electron chi connectivity index (χ2n) is 5.83. The number of nitrogens with zero attached hydrogens (tertiary/aromatic N) is 1. The van der Waals surface area contributed by atoms with Crippen molar-refractivity contribution in [2.24, 2.45) is 0 Å². The standard InChI is InChI=1S/C19H20N2O3/c1-24-17-10-6-5-9-16(17)20-18(22)13-21-12-15(11-19(21)23)14-7-3-2-4-8-14/h2-10,15H,11-13H2,1H3,(H,20,22). The molecule has 3 rings (SSSR count). The number of carbonyl (C=O) groups excluding carboxylic acids is 2. The highest BCUT2D eigenvalue weighted by Crippen LogP contribution is 2.28. The molecule has 2 aromatic carbocycles. The third kappa shape index (κ3) is 3.56. The average Bonchev–Trinajstić information content (AvgIpc) is 2.97.